The fourth-order valence-electron chi connectivity index (χ4n) is 2.04. The van der Waals surface area contributed by atoms with Crippen molar-refractivity contribution in [3.05, 3.63) is 0 Å². The molecule has 12 heavy (non-hydrogen) atoms. The first-order chi connectivity index (χ1) is 5.79. The van der Waals surface area contributed by atoms with Crippen molar-refractivity contribution >= 4 is 0 Å². The molecule has 2 aliphatic carbocycles. The Kier molecular flexibility index (Phi) is 2.37. The van der Waals surface area contributed by atoms with E-state index in [0.29, 0.717) is 0 Å². The summed E-state index contributed by atoms with van der Waals surface area (Å²) in [6, 6.07) is 0. The Bertz CT molecular complexity index is 148. The normalized spacial score (nSPS) is 27.8. The van der Waals surface area contributed by atoms with Crippen LogP contribution in [0.5, 0.6) is 0 Å². The van der Waals surface area contributed by atoms with E-state index in [4.69, 9.17) is 0 Å². The molecule has 0 spiro atoms. The second-order valence-corrected chi connectivity index (χ2v) is 4.51. The second-order valence-electron chi connectivity index (χ2n) is 4.51. The van der Waals surface area contributed by atoms with E-state index in [0.717, 1.165) is 31.8 Å². The molecule has 2 N–H and O–H groups in total. The lowest BCUT2D eigenvalue weighted by molar-refractivity contribution is 0.0477. The number of hydrogen-bond donors (Lipinski definition) is 2. The molecule has 0 atom stereocenters. The fourth-order valence-corrected chi connectivity index (χ4v) is 2.04. The van der Waals surface area contributed by atoms with Crippen molar-refractivity contribution in [2.24, 2.45) is 5.92 Å². The van der Waals surface area contributed by atoms with Gasteiger partial charge in [0.25, 0.3) is 0 Å². The van der Waals surface area contributed by atoms with Crippen LogP contribution in [-0.2, 0) is 0 Å². The summed E-state index contributed by atoms with van der Waals surface area (Å²) in [4.78, 5) is 0. The second kappa shape index (κ2) is 3.35. The average molecular weight is 169 g/mol. The minimum atomic E-state index is -0.352. The summed E-state index contributed by atoms with van der Waals surface area (Å²) in [5.74, 6) is 0.926. The van der Waals surface area contributed by atoms with Gasteiger partial charge in [0.15, 0.2) is 0 Å². The highest BCUT2D eigenvalue weighted by Crippen LogP contribution is 2.30. The van der Waals surface area contributed by atoms with Gasteiger partial charge in [-0.1, -0.05) is 12.8 Å². The maximum Gasteiger partial charge on any atom is 0.0771 e. The molecule has 2 aliphatic rings. The molecule has 2 fully saturated rings. The minimum Gasteiger partial charge on any atom is -0.389 e. The number of hydrogen-bond acceptors (Lipinski definition) is 2. The van der Waals surface area contributed by atoms with E-state index in [2.05, 4.69) is 5.32 Å². The Morgan fingerprint density at radius 2 is 1.92 bits per heavy atom. The van der Waals surface area contributed by atoms with Gasteiger partial charge in [-0.15, -0.1) is 0 Å². The van der Waals surface area contributed by atoms with Gasteiger partial charge in [-0.3, -0.25) is 0 Å². The van der Waals surface area contributed by atoms with Gasteiger partial charge < -0.3 is 10.4 Å². The van der Waals surface area contributed by atoms with Crippen LogP contribution in [0.4, 0.5) is 0 Å². The van der Waals surface area contributed by atoms with Crippen LogP contribution in [0.2, 0.25) is 0 Å². The fraction of sp³-hybridized carbons (Fsp3) is 1.00. The summed E-state index contributed by atoms with van der Waals surface area (Å²) in [5, 5.41) is 13.3. The average Bonchev–Trinajstić information content (AvgIpc) is 2.75. The third-order valence-electron chi connectivity index (χ3n) is 3.12. The van der Waals surface area contributed by atoms with Gasteiger partial charge >= 0.3 is 0 Å². The molecule has 0 aromatic heterocycles. The highest BCUT2D eigenvalue weighted by molar-refractivity contribution is 4.87. The van der Waals surface area contributed by atoms with Crippen molar-refractivity contribution in [1.29, 1.82) is 0 Å². The molecule has 70 valence electrons. The SMILES string of the molecule is OC1(CNCC2CC2)CCCC1. The van der Waals surface area contributed by atoms with Gasteiger partial charge in [-0.25, -0.2) is 0 Å². The molecule has 0 radical (unpaired) electrons. The third-order valence-corrected chi connectivity index (χ3v) is 3.12. The van der Waals surface area contributed by atoms with Crippen LogP contribution in [0, 0.1) is 5.92 Å². The molecule has 2 saturated carbocycles. The maximum atomic E-state index is 9.96. The first-order valence-corrected chi connectivity index (χ1v) is 5.22. The van der Waals surface area contributed by atoms with Crippen molar-refractivity contribution < 1.29 is 5.11 Å². The summed E-state index contributed by atoms with van der Waals surface area (Å²) in [6.45, 7) is 1.95. The van der Waals surface area contributed by atoms with Crippen molar-refractivity contribution in [1.82, 2.24) is 5.32 Å². The standard InChI is InChI=1S/C10H19NO/c12-10(5-1-2-6-10)8-11-7-9-3-4-9/h9,11-12H,1-8H2. The van der Waals surface area contributed by atoms with Crippen molar-refractivity contribution in [3.8, 4) is 0 Å². The zero-order chi connectivity index (χ0) is 8.44. The Labute approximate surface area is 74.4 Å². The zero-order valence-electron chi connectivity index (χ0n) is 7.68. The largest absolute Gasteiger partial charge is 0.389 e. The predicted octanol–water partition coefficient (Wildman–Crippen LogP) is 1.29. The lowest BCUT2D eigenvalue weighted by Crippen LogP contribution is -2.38. The van der Waals surface area contributed by atoms with Gasteiger partial charge in [0.2, 0.25) is 0 Å². The third kappa shape index (κ3) is 2.20. The molecule has 0 heterocycles. The molecule has 0 aromatic carbocycles. The monoisotopic (exact) mass is 169 g/mol. The van der Waals surface area contributed by atoms with Gasteiger partial charge in [0.1, 0.15) is 0 Å². The molecule has 0 amide bonds. The number of aliphatic hydroxyl groups is 1. The van der Waals surface area contributed by atoms with E-state index in [1.807, 2.05) is 0 Å². The van der Waals surface area contributed by atoms with Gasteiger partial charge in [0, 0.05) is 6.54 Å². The quantitative estimate of drug-likeness (QED) is 0.664. The highest BCUT2D eigenvalue weighted by atomic mass is 16.3. The lowest BCUT2D eigenvalue weighted by atomic mass is 10.0. The van der Waals surface area contributed by atoms with Crippen LogP contribution in [0.3, 0.4) is 0 Å². The van der Waals surface area contributed by atoms with Crippen LogP contribution >= 0.6 is 0 Å². The van der Waals surface area contributed by atoms with E-state index in [-0.39, 0.29) is 5.60 Å². The summed E-state index contributed by atoms with van der Waals surface area (Å²) < 4.78 is 0. The summed E-state index contributed by atoms with van der Waals surface area (Å²) >= 11 is 0. The number of rotatable bonds is 4. The van der Waals surface area contributed by atoms with E-state index in [1.165, 1.54) is 25.7 Å². The molecule has 0 bridgehead atoms. The van der Waals surface area contributed by atoms with Gasteiger partial charge in [-0.2, -0.15) is 0 Å². The Morgan fingerprint density at radius 1 is 1.25 bits per heavy atom. The van der Waals surface area contributed by atoms with Crippen LogP contribution in [0.15, 0.2) is 0 Å². The van der Waals surface area contributed by atoms with Crippen LogP contribution in [0.1, 0.15) is 38.5 Å². The van der Waals surface area contributed by atoms with E-state index in [1.54, 1.807) is 0 Å². The Hall–Kier alpha value is -0.0800. The smallest absolute Gasteiger partial charge is 0.0771 e. The van der Waals surface area contributed by atoms with E-state index < -0.39 is 0 Å². The van der Waals surface area contributed by atoms with E-state index in [9.17, 15) is 5.11 Å². The minimum absolute atomic E-state index is 0.352. The molecule has 0 aliphatic heterocycles. The molecule has 2 nitrogen and oxygen atoms in total. The Balaban J connectivity index is 1.63. The lowest BCUT2D eigenvalue weighted by Gasteiger charge is -2.22. The molecule has 2 heteroatoms. The first kappa shape index (κ1) is 8.52. The van der Waals surface area contributed by atoms with E-state index >= 15 is 0 Å². The molecule has 2 rings (SSSR count). The van der Waals surface area contributed by atoms with Crippen molar-refractivity contribution in [2.45, 2.75) is 44.1 Å². The summed E-state index contributed by atoms with van der Waals surface area (Å²) in [7, 11) is 0. The van der Waals surface area contributed by atoms with Crippen LogP contribution in [-0.4, -0.2) is 23.8 Å². The molecule has 0 saturated heterocycles. The van der Waals surface area contributed by atoms with Crippen molar-refractivity contribution in [2.75, 3.05) is 13.1 Å². The predicted molar refractivity (Wildman–Crippen MR) is 49.0 cm³/mol. The molecule has 0 aromatic rings. The molecule has 0 unspecified atom stereocenters. The highest BCUT2D eigenvalue weighted by Gasteiger charge is 2.31. The number of nitrogens with one attached hydrogen (secondary N) is 1. The van der Waals surface area contributed by atoms with Crippen LogP contribution < -0.4 is 5.32 Å². The molecular weight excluding hydrogens is 150 g/mol. The Morgan fingerprint density at radius 3 is 2.50 bits per heavy atom. The van der Waals surface area contributed by atoms with Gasteiger partial charge in [-0.05, 0) is 38.1 Å². The summed E-state index contributed by atoms with van der Waals surface area (Å²) in [5.41, 5.74) is -0.352. The van der Waals surface area contributed by atoms with Crippen molar-refractivity contribution in [3.63, 3.8) is 0 Å². The summed E-state index contributed by atoms with van der Waals surface area (Å²) in [6.07, 6.45) is 7.22. The first-order valence-electron chi connectivity index (χ1n) is 5.22. The van der Waals surface area contributed by atoms with Crippen LogP contribution in [0.25, 0.3) is 0 Å². The van der Waals surface area contributed by atoms with Gasteiger partial charge in [0.05, 0.1) is 5.60 Å². The zero-order valence-corrected chi connectivity index (χ0v) is 7.68. The topological polar surface area (TPSA) is 32.3 Å². The molecular formula is C10H19NO. The maximum absolute atomic E-state index is 9.96.